The quantitative estimate of drug-likeness (QED) is 0.559. The predicted octanol–water partition coefficient (Wildman–Crippen LogP) is 3.10. The monoisotopic (exact) mass is 476 g/mol. The summed E-state index contributed by atoms with van der Waals surface area (Å²) in [6, 6.07) is 8.03. The minimum Gasteiger partial charge on any atom is -0.493 e. The van der Waals surface area contributed by atoms with Gasteiger partial charge in [0.05, 0.1) is 25.8 Å². The molecule has 184 valence electrons. The van der Waals surface area contributed by atoms with E-state index in [1.165, 1.54) is 5.56 Å². The molecule has 9 heteroatoms. The number of aromatic nitrogens is 4. The summed E-state index contributed by atoms with van der Waals surface area (Å²) in [5.74, 6) is 3.16. The lowest BCUT2D eigenvalue weighted by atomic mass is 9.93. The highest BCUT2D eigenvalue weighted by molar-refractivity contribution is 5.80. The Bertz CT molecular complexity index is 1240. The van der Waals surface area contributed by atoms with Crippen molar-refractivity contribution in [3.8, 4) is 17.3 Å². The molecule has 2 aliphatic heterocycles. The van der Waals surface area contributed by atoms with Crippen molar-refractivity contribution in [1.29, 1.82) is 0 Å². The van der Waals surface area contributed by atoms with Gasteiger partial charge in [0.15, 0.2) is 17.3 Å². The van der Waals surface area contributed by atoms with Gasteiger partial charge >= 0.3 is 0 Å². The highest BCUT2D eigenvalue weighted by atomic mass is 16.5. The molecule has 1 fully saturated rings. The van der Waals surface area contributed by atoms with Crippen molar-refractivity contribution >= 4 is 11.7 Å². The van der Waals surface area contributed by atoms with E-state index in [0.717, 1.165) is 60.1 Å². The van der Waals surface area contributed by atoms with E-state index in [4.69, 9.17) is 9.47 Å². The fraction of sp³-hybridized carbons (Fsp3) is 0.462. The van der Waals surface area contributed by atoms with Crippen LogP contribution in [-0.4, -0.2) is 64.4 Å². The van der Waals surface area contributed by atoms with Gasteiger partial charge in [-0.25, -0.2) is 14.6 Å². The van der Waals surface area contributed by atoms with Gasteiger partial charge in [-0.3, -0.25) is 4.79 Å². The average Bonchev–Trinajstić information content (AvgIpc) is 3.24. The zero-order valence-corrected chi connectivity index (χ0v) is 20.8. The maximum Gasteiger partial charge on any atom is 0.227 e. The summed E-state index contributed by atoms with van der Waals surface area (Å²) in [5, 5.41) is 4.54. The predicted molar refractivity (Wildman–Crippen MR) is 132 cm³/mol. The molecule has 1 saturated heterocycles. The number of carbonyl (C=O) groups is 1. The van der Waals surface area contributed by atoms with E-state index in [1.54, 1.807) is 20.5 Å². The minimum atomic E-state index is -0.0578. The van der Waals surface area contributed by atoms with Crippen molar-refractivity contribution in [2.24, 2.45) is 5.92 Å². The summed E-state index contributed by atoms with van der Waals surface area (Å²) in [5.41, 5.74) is 4.32. The van der Waals surface area contributed by atoms with E-state index < -0.39 is 0 Å². The smallest absolute Gasteiger partial charge is 0.227 e. The number of amides is 1. The number of carbonyl (C=O) groups excluding carboxylic acids is 1. The third-order valence-corrected chi connectivity index (χ3v) is 6.99. The molecule has 2 aliphatic rings. The molecule has 0 saturated carbocycles. The molecule has 1 atom stereocenters. The van der Waals surface area contributed by atoms with E-state index >= 15 is 0 Å². The summed E-state index contributed by atoms with van der Waals surface area (Å²) in [7, 11) is 3.29. The number of piperidine rings is 1. The lowest BCUT2D eigenvalue weighted by molar-refractivity contribution is -0.136. The van der Waals surface area contributed by atoms with Crippen LogP contribution in [0.4, 0.5) is 5.82 Å². The molecular weight excluding hydrogens is 444 g/mol. The molecule has 9 nitrogen and oxygen atoms in total. The first-order valence-corrected chi connectivity index (χ1v) is 12.1. The summed E-state index contributed by atoms with van der Waals surface area (Å²) in [4.78, 5) is 26.7. The van der Waals surface area contributed by atoms with E-state index in [9.17, 15) is 4.79 Å². The number of hydrogen-bond acceptors (Lipinski definition) is 7. The van der Waals surface area contributed by atoms with Gasteiger partial charge in [-0.15, -0.1) is 0 Å². The maximum atomic E-state index is 13.5. The van der Waals surface area contributed by atoms with Gasteiger partial charge in [0.1, 0.15) is 12.1 Å². The molecule has 3 aromatic rings. The van der Waals surface area contributed by atoms with Gasteiger partial charge in [-0.2, -0.15) is 5.10 Å². The molecule has 1 amide bonds. The van der Waals surface area contributed by atoms with E-state index in [0.29, 0.717) is 25.4 Å². The Kier molecular flexibility index (Phi) is 6.32. The third kappa shape index (κ3) is 4.54. The van der Waals surface area contributed by atoms with Crippen molar-refractivity contribution in [3.63, 3.8) is 0 Å². The number of fused-ring (bicyclic) bond motifs is 1. The first-order valence-electron chi connectivity index (χ1n) is 12.1. The fourth-order valence-electron chi connectivity index (χ4n) is 5.20. The Balaban J connectivity index is 1.30. The number of rotatable bonds is 5. The number of methoxy groups -OCH3 is 2. The van der Waals surface area contributed by atoms with Crippen LogP contribution in [0.15, 0.2) is 30.6 Å². The molecule has 35 heavy (non-hydrogen) atoms. The van der Waals surface area contributed by atoms with Crippen molar-refractivity contribution < 1.29 is 14.3 Å². The molecule has 4 heterocycles. The second-order valence-corrected chi connectivity index (χ2v) is 9.34. The molecule has 1 unspecified atom stereocenters. The second kappa shape index (κ2) is 9.56. The van der Waals surface area contributed by atoms with Crippen LogP contribution in [0.1, 0.15) is 35.4 Å². The highest BCUT2D eigenvalue weighted by Gasteiger charge is 2.32. The number of benzene rings is 1. The Hall–Kier alpha value is -3.62. The first kappa shape index (κ1) is 23.1. The van der Waals surface area contributed by atoms with Crippen LogP contribution in [0.5, 0.6) is 11.5 Å². The van der Waals surface area contributed by atoms with Crippen LogP contribution >= 0.6 is 0 Å². The molecule has 0 bridgehead atoms. The zero-order chi connectivity index (χ0) is 24.5. The lowest BCUT2D eigenvalue weighted by Gasteiger charge is -2.37. The number of nitrogens with zero attached hydrogens (tertiary/aromatic N) is 6. The number of anilines is 1. The summed E-state index contributed by atoms with van der Waals surface area (Å²) < 4.78 is 12.8. The van der Waals surface area contributed by atoms with Gasteiger partial charge in [0, 0.05) is 37.9 Å². The van der Waals surface area contributed by atoms with Crippen LogP contribution in [0.3, 0.4) is 0 Å². The van der Waals surface area contributed by atoms with Crippen LogP contribution in [0, 0.1) is 19.8 Å². The zero-order valence-electron chi connectivity index (χ0n) is 20.8. The molecular formula is C26H32N6O3. The van der Waals surface area contributed by atoms with Crippen molar-refractivity contribution in [2.45, 2.75) is 39.7 Å². The van der Waals surface area contributed by atoms with E-state index in [1.807, 2.05) is 47.7 Å². The van der Waals surface area contributed by atoms with Crippen molar-refractivity contribution in [1.82, 2.24) is 24.6 Å². The van der Waals surface area contributed by atoms with E-state index in [2.05, 4.69) is 20.0 Å². The summed E-state index contributed by atoms with van der Waals surface area (Å²) in [6.45, 7) is 6.82. The Labute approximate surface area is 205 Å². The van der Waals surface area contributed by atoms with Crippen LogP contribution in [0.2, 0.25) is 0 Å². The molecule has 0 N–H and O–H groups in total. The van der Waals surface area contributed by atoms with Gasteiger partial charge in [0.25, 0.3) is 0 Å². The Morgan fingerprint density at radius 2 is 1.71 bits per heavy atom. The number of aryl methyl sites for hydroxylation is 2. The molecule has 0 spiro atoms. The molecule has 0 radical (unpaired) electrons. The molecule has 0 aliphatic carbocycles. The topological polar surface area (TPSA) is 85.6 Å². The van der Waals surface area contributed by atoms with Crippen LogP contribution < -0.4 is 14.4 Å². The summed E-state index contributed by atoms with van der Waals surface area (Å²) in [6.07, 6.45) is 4.23. The van der Waals surface area contributed by atoms with Crippen molar-refractivity contribution in [2.75, 3.05) is 38.8 Å². The molecule has 5 rings (SSSR count). The Morgan fingerprint density at radius 3 is 2.43 bits per heavy atom. The number of ether oxygens (including phenoxy) is 2. The van der Waals surface area contributed by atoms with Crippen LogP contribution in [0.25, 0.3) is 5.82 Å². The lowest BCUT2D eigenvalue weighted by Crippen LogP contribution is -2.46. The second-order valence-electron chi connectivity index (χ2n) is 9.34. The third-order valence-electron chi connectivity index (χ3n) is 6.99. The minimum absolute atomic E-state index is 0.0578. The van der Waals surface area contributed by atoms with Gasteiger partial charge in [-0.1, -0.05) is 0 Å². The highest BCUT2D eigenvalue weighted by Crippen LogP contribution is 2.34. The SMILES string of the molecule is COc1cc2c(cc1OC)CN(C(=O)C1CCCN(c3cc(-n4nc(C)cc4C)ncn3)C1)CC2. The Morgan fingerprint density at radius 1 is 0.971 bits per heavy atom. The fourth-order valence-corrected chi connectivity index (χ4v) is 5.20. The van der Waals surface area contributed by atoms with Gasteiger partial charge in [-0.05, 0) is 62.4 Å². The number of hydrogen-bond donors (Lipinski definition) is 0. The molecule has 2 aromatic heterocycles. The van der Waals surface area contributed by atoms with E-state index in [-0.39, 0.29) is 11.8 Å². The van der Waals surface area contributed by atoms with Crippen LogP contribution in [-0.2, 0) is 17.8 Å². The van der Waals surface area contributed by atoms with Crippen molar-refractivity contribution in [3.05, 3.63) is 53.1 Å². The normalized spacial score (nSPS) is 17.8. The summed E-state index contributed by atoms with van der Waals surface area (Å²) >= 11 is 0. The standard InChI is InChI=1S/C26H32N6O3/c1-17-10-18(2)32(29-17)25-13-24(27-16-28-25)30-8-5-6-20(14-30)26(33)31-9-7-19-11-22(34-3)23(35-4)12-21(19)15-31/h10-13,16,20H,5-9,14-15H2,1-4H3. The largest absolute Gasteiger partial charge is 0.493 e. The maximum absolute atomic E-state index is 13.5. The van der Waals surface area contributed by atoms with Gasteiger partial charge in [0.2, 0.25) is 5.91 Å². The van der Waals surface area contributed by atoms with Gasteiger partial charge < -0.3 is 19.3 Å². The molecule has 1 aromatic carbocycles. The first-order chi connectivity index (χ1) is 17.0. The average molecular weight is 477 g/mol.